The number of primary amides is 1. The summed E-state index contributed by atoms with van der Waals surface area (Å²) in [5.74, 6) is -1.45. The Bertz CT molecular complexity index is 814. The molecule has 26 heavy (non-hydrogen) atoms. The van der Waals surface area contributed by atoms with Gasteiger partial charge in [0.25, 0.3) is 0 Å². The Labute approximate surface area is 149 Å². The highest BCUT2D eigenvalue weighted by Gasteiger charge is 2.25. The van der Waals surface area contributed by atoms with Crippen molar-refractivity contribution in [2.45, 2.75) is 25.7 Å². The number of rotatable bonds is 5. The molecule has 2 heterocycles. The Morgan fingerprint density at radius 3 is 2.65 bits per heavy atom. The molecule has 2 amide bonds. The highest BCUT2D eigenvalue weighted by Crippen LogP contribution is 2.25. The summed E-state index contributed by atoms with van der Waals surface area (Å²) < 4.78 is 32.2. The highest BCUT2D eigenvalue weighted by atomic mass is 19.1. The molecule has 0 spiro atoms. The number of aryl methyl sites for hydroxylation is 1. The number of hydrogen-bond donors (Lipinski definition) is 1. The summed E-state index contributed by atoms with van der Waals surface area (Å²) >= 11 is 0. The number of halogens is 2. The molecule has 1 saturated heterocycles. The molecule has 2 aromatic rings. The third-order valence-corrected chi connectivity index (χ3v) is 4.55. The Morgan fingerprint density at radius 1 is 1.27 bits per heavy atom. The van der Waals surface area contributed by atoms with E-state index in [1.165, 1.54) is 12.3 Å². The molecular weight excluding hydrogens is 344 g/mol. The monoisotopic (exact) mass is 363 g/mol. The minimum absolute atomic E-state index is 0.0550. The molecule has 1 aromatic heterocycles. The van der Waals surface area contributed by atoms with Crippen LogP contribution in [0.4, 0.5) is 8.78 Å². The lowest BCUT2D eigenvalue weighted by molar-refractivity contribution is -0.134. The van der Waals surface area contributed by atoms with E-state index in [1.807, 2.05) is 0 Å². The van der Waals surface area contributed by atoms with Gasteiger partial charge in [-0.3, -0.25) is 9.59 Å². The number of likely N-dealkylation sites (tertiary alicyclic amines) is 1. The lowest BCUT2D eigenvalue weighted by atomic mass is 9.96. The van der Waals surface area contributed by atoms with E-state index < -0.39 is 11.6 Å². The second kappa shape index (κ2) is 7.63. The van der Waals surface area contributed by atoms with Gasteiger partial charge in [-0.15, -0.1) is 0 Å². The number of aromatic nitrogens is 1. The van der Waals surface area contributed by atoms with E-state index in [9.17, 15) is 18.4 Å². The van der Waals surface area contributed by atoms with E-state index in [4.69, 9.17) is 10.2 Å². The average Bonchev–Trinajstić information content (AvgIpc) is 3.08. The minimum Gasteiger partial charge on any atom is -0.441 e. The molecule has 1 fully saturated rings. The molecule has 0 aliphatic carbocycles. The van der Waals surface area contributed by atoms with Crippen molar-refractivity contribution in [1.29, 1.82) is 0 Å². The zero-order valence-electron chi connectivity index (χ0n) is 14.1. The zero-order chi connectivity index (χ0) is 18.7. The highest BCUT2D eigenvalue weighted by molar-refractivity contribution is 5.79. The molecule has 1 aliphatic rings. The van der Waals surface area contributed by atoms with Crippen LogP contribution in [0, 0.1) is 17.6 Å². The van der Waals surface area contributed by atoms with Gasteiger partial charge in [-0.05, 0) is 25.0 Å². The lowest BCUT2D eigenvalue weighted by Crippen LogP contribution is -2.41. The van der Waals surface area contributed by atoms with Gasteiger partial charge in [0.05, 0.1) is 11.8 Å². The topological polar surface area (TPSA) is 89.4 Å². The lowest BCUT2D eigenvalue weighted by Gasteiger charge is -2.30. The first kappa shape index (κ1) is 18.0. The fourth-order valence-corrected chi connectivity index (χ4v) is 3.03. The van der Waals surface area contributed by atoms with Crippen LogP contribution in [0.25, 0.3) is 11.3 Å². The second-order valence-electron chi connectivity index (χ2n) is 6.30. The number of benzene rings is 1. The number of oxazole rings is 1. The summed E-state index contributed by atoms with van der Waals surface area (Å²) in [4.78, 5) is 29.2. The number of piperidine rings is 1. The smallest absolute Gasteiger partial charge is 0.223 e. The van der Waals surface area contributed by atoms with Gasteiger partial charge in [0, 0.05) is 37.9 Å². The number of nitrogens with zero attached hydrogens (tertiary/aromatic N) is 2. The second-order valence-corrected chi connectivity index (χ2v) is 6.30. The van der Waals surface area contributed by atoms with E-state index in [0.29, 0.717) is 31.8 Å². The van der Waals surface area contributed by atoms with Crippen LogP contribution in [-0.2, 0) is 16.0 Å². The molecule has 0 radical (unpaired) electrons. The molecule has 138 valence electrons. The van der Waals surface area contributed by atoms with E-state index in [0.717, 1.165) is 12.1 Å². The molecule has 0 bridgehead atoms. The summed E-state index contributed by atoms with van der Waals surface area (Å²) in [6.07, 6.45) is 2.99. The third-order valence-electron chi connectivity index (χ3n) is 4.55. The standard InChI is InChI=1S/C18H19F2N3O3/c19-12-1-2-13(14(20)9-12)15-10-22-16(26-15)3-4-17(24)23-7-5-11(6-8-23)18(21)25/h1-2,9-11H,3-8H2,(H2,21,25). The molecule has 0 atom stereocenters. The molecule has 3 rings (SSSR count). The van der Waals surface area contributed by atoms with Gasteiger partial charge in [0.2, 0.25) is 11.8 Å². The molecule has 0 saturated carbocycles. The van der Waals surface area contributed by atoms with E-state index in [1.54, 1.807) is 4.90 Å². The summed E-state index contributed by atoms with van der Waals surface area (Å²) in [6, 6.07) is 3.19. The maximum absolute atomic E-state index is 13.8. The van der Waals surface area contributed by atoms with Crippen LogP contribution in [0.15, 0.2) is 28.8 Å². The van der Waals surface area contributed by atoms with Crippen LogP contribution in [0.5, 0.6) is 0 Å². The summed E-state index contributed by atoms with van der Waals surface area (Å²) in [5, 5.41) is 0. The van der Waals surface area contributed by atoms with Crippen molar-refractivity contribution < 1.29 is 22.8 Å². The molecule has 6 nitrogen and oxygen atoms in total. The van der Waals surface area contributed by atoms with Crippen molar-refractivity contribution in [3.8, 4) is 11.3 Å². The van der Waals surface area contributed by atoms with Gasteiger partial charge in [0.15, 0.2) is 11.7 Å². The van der Waals surface area contributed by atoms with Crippen LogP contribution >= 0.6 is 0 Å². The zero-order valence-corrected chi connectivity index (χ0v) is 14.1. The van der Waals surface area contributed by atoms with Crippen molar-refractivity contribution in [3.63, 3.8) is 0 Å². The molecule has 1 aromatic carbocycles. The first-order valence-corrected chi connectivity index (χ1v) is 8.41. The molecule has 0 unspecified atom stereocenters. The van der Waals surface area contributed by atoms with Crippen LogP contribution in [0.3, 0.4) is 0 Å². The number of carbonyl (C=O) groups is 2. The van der Waals surface area contributed by atoms with Crippen molar-refractivity contribution >= 4 is 11.8 Å². The van der Waals surface area contributed by atoms with Gasteiger partial charge < -0.3 is 15.1 Å². The predicted octanol–water partition coefficient (Wildman–Crippen LogP) is 2.28. The van der Waals surface area contributed by atoms with E-state index in [2.05, 4.69) is 4.98 Å². The van der Waals surface area contributed by atoms with Gasteiger partial charge >= 0.3 is 0 Å². The number of amides is 2. The first-order chi connectivity index (χ1) is 12.4. The normalized spacial score (nSPS) is 15.2. The molecule has 2 N–H and O–H groups in total. The Morgan fingerprint density at radius 2 is 2.00 bits per heavy atom. The van der Waals surface area contributed by atoms with Gasteiger partial charge in [-0.2, -0.15) is 0 Å². The molecular formula is C18H19F2N3O3. The quantitative estimate of drug-likeness (QED) is 0.882. The van der Waals surface area contributed by atoms with Crippen LogP contribution in [0.2, 0.25) is 0 Å². The van der Waals surface area contributed by atoms with E-state index in [-0.39, 0.29) is 41.9 Å². The number of nitrogens with two attached hydrogens (primary N) is 1. The third kappa shape index (κ3) is 4.07. The Kier molecular flexibility index (Phi) is 5.29. The minimum atomic E-state index is -0.735. The van der Waals surface area contributed by atoms with Crippen LogP contribution < -0.4 is 5.73 Å². The molecule has 8 heteroatoms. The largest absolute Gasteiger partial charge is 0.441 e. The maximum Gasteiger partial charge on any atom is 0.223 e. The van der Waals surface area contributed by atoms with Gasteiger partial charge in [-0.1, -0.05) is 0 Å². The fourth-order valence-electron chi connectivity index (χ4n) is 3.03. The Balaban J connectivity index is 1.55. The Hall–Kier alpha value is -2.77. The summed E-state index contributed by atoms with van der Waals surface area (Å²) in [7, 11) is 0. The van der Waals surface area contributed by atoms with Gasteiger partial charge in [0.1, 0.15) is 11.6 Å². The van der Waals surface area contributed by atoms with Crippen LogP contribution in [0.1, 0.15) is 25.2 Å². The molecule has 1 aliphatic heterocycles. The number of hydrogen-bond acceptors (Lipinski definition) is 4. The van der Waals surface area contributed by atoms with Crippen molar-refractivity contribution in [2.75, 3.05) is 13.1 Å². The van der Waals surface area contributed by atoms with Gasteiger partial charge in [-0.25, -0.2) is 13.8 Å². The van der Waals surface area contributed by atoms with Crippen molar-refractivity contribution in [2.24, 2.45) is 11.7 Å². The predicted molar refractivity (Wildman–Crippen MR) is 88.7 cm³/mol. The van der Waals surface area contributed by atoms with Crippen molar-refractivity contribution in [1.82, 2.24) is 9.88 Å². The van der Waals surface area contributed by atoms with Crippen LogP contribution in [-0.4, -0.2) is 34.8 Å². The maximum atomic E-state index is 13.8. The average molecular weight is 363 g/mol. The van der Waals surface area contributed by atoms with E-state index >= 15 is 0 Å². The summed E-state index contributed by atoms with van der Waals surface area (Å²) in [5.41, 5.74) is 5.40. The summed E-state index contributed by atoms with van der Waals surface area (Å²) in [6.45, 7) is 1.01. The first-order valence-electron chi connectivity index (χ1n) is 8.41. The number of carbonyl (C=O) groups excluding carboxylic acids is 2. The fraction of sp³-hybridized carbons (Fsp3) is 0.389. The SMILES string of the molecule is NC(=O)C1CCN(C(=O)CCc2ncc(-c3ccc(F)cc3F)o2)CC1. The van der Waals surface area contributed by atoms with Crippen molar-refractivity contribution in [3.05, 3.63) is 41.9 Å².